The molecule has 15 heavy (non-hydrogen) atoms. The highest BCUT2D eigenvalue weighted by molar-refractivity contribution is 5.79. The first-order valence-corrected chi connectivity index (χ1v) is 6.04. The molecule has 3 N–H and O–H groups in total. The first-order valence-electron chi connectivity index (χ1n) is 6.04. The molecule has 1 aliphatic heterocycles. The van der Waals surface area contributed by atoms with Crippen molar-refractivity contribution in [3.63, 3.8) is 0 Å². The predicted molar refractivity (Wildman–Crippen MR) is 59.4 cm³/mol. The molecule has 4 heteroatoms. The lowest BCUT2D eigenvalue weighted by Crippen LogP contribution is -2.57. The minimum Gasteiger partial charge on any atom is -0.336 e. The molecule has 1 aliphatic carbocycles. The van der Waals surface area contributed by atoms with Gasteiger partial charge < -0.3 is 16.0 Å². The normalized spacial score (nSPS) is 28.3. The molecular weight excluding hydrogens is 190 g/mol. The van der Waals surface area contributed by atoms with Gasteiger partial charge in [-0.3, -0.25) is 4.79 Å². The molecule has 2 aliphatic rings. The second-order valence-electron chi connectivity index (χ2n) is 4.61. The molecule has 2 fully saturated rings. The number of rotatable bonds is 2. The van der Waals surface area contributed by atoms with Gasteiger partial charge in [-0.05, 0) is 12.8 Å². The Bertz CT molecular complexity index is 226. The molecule has 1 unspecified atom stereocenters. The van der Waals surface area contributed by atoms with Crippen molar-refractivity contribution in [1.82, 2.24) is 10.2 Å². The summed E-state index contributed by atoms with van der Waals surface area (Å²) >= 11 is 0. The van der Waals surface area contributed by atoms with Crippen LogP contribution in [0.2, 0.25) is 0 Å². The molecule has 1 saturated heterocycles. The fraction of sp³-hybridized carbons (Fsp3) is 0.909. The average molecular weight is 211 g/mol. The summed E-state index contributed by atoms with van der Waals surface area (Å²) in [5, 5.41) is 3.29. The van der Waals surface area contributed by atoms with Crippen molar-refractivity contribution < 1.29 is 4.79 Å². The zero-order valence-electron chi connectivity index (χ0n) is 9.24. The van der Waals surface area contributed by atoms with Crippen LogP contribution in [-0.4, -0.2) is 43.0 Å². The van der Waals surface area contributed by atoms with Gasteiger partial charge in [0.1, 0.15) is 0 Å². The minimum absolute atomic E-state index is 0.215. The molecular formula is C11H21N3O. The predicted octanol–water partition coefficient (Wildman–Crippen LogP) is -0.0643. The number of hydrogen-bond donors (Lipinski definition) is 2. The number of carbonyl (C=O) groups is 1. The van der Waals surface area contributed by atoms with Crippen molar-refractivity contribution >= 4 is 5.91 Å². The SMILES string of the molecule is NCC1CNCCN1C(=O)C1CCCC1. The van der Waals surface area contributed by atoms with Crippen LogP contribution in [0, 0.1) is 5.92 Å². The molecule has 2 rings (SSSR count). The van der Waals surface area contributed by atoms with E-state index in [9.17, 15) is 4.79 Å². The van der Waals surface area contributed by atoms with Gasteiger partial charge in [-0.1, -0.05) is 12.8 Å². The van der Waals surface area contributed by atoms with Crippen molar-refractivity contribution in [2.45, 2.75) is 31.7 Å². The average Bonchev–Trinajstić information content (AvgIpc) is 2.81. The highest BCUT2D eigenvalue weighted by Gasteiger charge is 2.31. The Labute approximate surface area is 91.2 Å². The second-order valence-corrected chi connectivity index (χ2v) is 4.61. The molecule has 1 atom stereocenters. The van der Waals surface area contributed by atoms with Gasteiger partial charge in [-0.25, -0.2) is 0 Å². The van der Waals surface area contributed by atoms with Crippen LogP contribution in [0.3, 0.4) is 0 Å². The van der Waals surface area contributed by atoms with E-state index in [4.69, 9.17) is 5.73 Å². The molecule has 4 nitrogen and oxygen atoms in total. The second kappa shape index (κ2) is 4.94. The highest BCUT2D eigenvalue weighted by atomic mass is 16.2. The smallest absolute Gasteiger partial charge is 0.226 e. The van der Waals surface area contributed by atoms with Crippen LogP contribution in [0.1, 0.15) is 25.7 Å². The summed E-state index contributed by atoms with van der Waals surface area (Å²) in [7, 11) is 0. The van der Waals surface area contributed by atoms with E-state index in [1.165, 1.54) is 12.8 Å². The standard InChI is InChI=1S/C11H21N3O/c12-7-10-8-13-5-6-14(10)11(15)9-3-1-2-4-9/h9-10,13H,1-8,12H2. The lowest BCUT2D eigenvalue weighted by atomic mass is 10.0. The van der Waals surface area contributed by atoms with E-state index < -0.39 is 0 Å². The fourth-order valence-corrected chi connectivity index (χ4v) is 2.67. The summed E-state index contributed by atoms with van der Waals surface area (Å²) in [6.45, 7) is 3.17. The maximum Gasteiger partial charge on any atom is 0.226 e. The Morgan fingerprint density at radius 2 is 2.13 bits per heavy atom. The van der Waals surface area contributed by atoms with Crippen molar-refractivity contribution in [1.29, 1.82) is 0 Å². The lowest BCUT2D eigenvalue weighted by molar-refractivity contribution is -0.138. The number of carbonyl (C=O) groups excluding carboxylic acids is 1. The number of nitrogens with one attached hydrogen (secondary N) is 1. The zero-order chi connectivity index (χ0) is 10.7. The molecule has 0 aromatic carbocycles. The number of nitrogens with zero attached hydrogens (tertiary/aromatic N) is 1. The molecule has 86 valence electrons. The summed E-state index contributed by atoms with van der Waals surface area (Å²) in [5.41, 5.74) is 5.70. The quantitative estimate of drug-likeness (QED) is 0.672. The third-order valence-corrected chi connectivity index (χ3v) is 3.61. The first kappa shape index (κ1) is 10.9. The molecule has 0 bridgehead atoms. The van der Waals surface area contributed by atoms with Crippen molar-refractivity contribution in [3.05, 3.63) is 0 Å². The molecule has 0 aromatic rings. The Morgan fingerprint density at radius 1 is 1.40 bits per heavy atom. The Hall–Kier alpha value is -0.610. The van der Waals surface area contributed by atoms with Gasteiger partial charge in [0.15, 0.2) is 0 Å². The lowest BCUT2D eigenvalue weighted by Gasteiger charge is -2.37. The van der Waals surface area contributed by atoms with Gasteiger partial charge in [0.2, 0.25) is 5.91 Å². The van der Waals surface area contributed by atoms with Gasteiger partial charge in [-0.15, -0.1) is 0 Å². The van der Waals surface area contributed by atoms with Gasteiger partial charge in [0.05, 0.1) is 6.04 Å². The molecule has 1 heterocycles. The van der Waals surface area contributed by atoms with E-state index >= 15 is 0 Å². The van der Waals surface area contributed by atoms with Crippen LogP contribution in [-0.2, 0) is 4.79 Å². The van der Waals surface area contributed by atoms with E-state index in [-0.39, 0.29) is 12.0 Å². The summed E-state index contributed by atoms with van der Waals surface area (Å²) in [6.07, 6.45) is 4.60. The van der Waals surface area contributed by atoms with Crippen LogP contribution in [0.25, 0.3) is 0 Å². The number of hydrogen-bond acceptors (Lipinski definition) is 3. The monoisotopic (exact) mass is 211 g/mol. The summed E-state index contributed by atoms with van der Waals surface area (Å²) < 4.78 is 0. The van der Waals surface area contributed by atoms with Crippen LogP contribution >= 0.6 is 0 Å². The molecule has 1 saturated carbocycles. The van der Waals surface area contributed by atoms with Crippen molar-refractivity contribution in [2.75, 3.05) is 26.2 Å². The van der Waals surface area contributed by atoms with Gasteiger partial charge in [-0.2, -0.15) is 0 Å². The highest BCUT2D eigenvalue weighted by Crippen LogP contribution is 2.27. The molecule has 0 aromatic heterocycles. The van der Waals surface area contributed by atoms with Crippen LogP contribution in [0.5, 0.6) is 0 Å². The van der Waals surface area contributed by atoms with E-state index in [2.05, 4.69) is 5.32 Å². The topological polar surface area (TPSA) is 58.4 Å². The van der Waals surface area contributed by atoms with Crippen molar-refractivity contribution in [3.8, 4) is 0 Å². The van der Waals surface area contributed by atoms with E-state index in [0.29, 0.717) is 12.5 Å². The first-order chi connectivity index (χ1) is 7.33. The third kappa shape index (κ3) is 2.32. The van der Waals surface area contributed by atoms with E-state index in [1.807, 2.05) is 4.90 Å². The Balaban J connectivity index is 1.96. The van der Waals surface area contributed by atoms with E-state index in [1.54, 1.807) is 0 Å². The summed E-state index contributed by atoms with van der Waals surface area (Å²) in [4.78, 5) is 14.2. The number of piperazine rings is 1. The van der Waals surface area contributed by atoms with E-state index in [0.717, 1.165) is 32.5 Å². The van der Waals surface area contributed by atoms with Crippen molar-refractivity contribution in [2.24, 2.45) is 11.7 Å². The van der Waals surface area contributed by atoms with Crippen LogP contribution in [0.15, 0.2) is 0 Å². The number of nitrogens with two attached hydrogens (primary N) is 1. The third-order valence-electron chi connectivity index (χ3n) is 3.61. The van der Waals surface area contributed by atoms with Gasteiger partial charge >= 0.3 is 0 Å². The molecule has 0 radical (unpaired) electrons. The zero-order valence-corrected chi connectivity index (χ0v) is 9.24. The summed E-state index contributed by atoms with van der Waals surface area (Å²) in [6, 6.07) is 0.215. The van der Waals surface area contributed by atoms with Gasteiger partial charge in [0.25, 0.3) is 0 Å². The number of amides is 1. The Kier molecular flexibility index (Phi) is 3.59. The molecule has 0 spiro atoms. The molecule has 1 amide bonds. The summed E-state index contributed by atoms with van der Waals surface area (Å²) in [5.74, 6) is 0.640. The fourth-order valence-electron chi connectivity index (χ4n) is 2.67. The van der Waals surface area contributed by atoms with Crippen LogP contribution in [0.4, 0.5) is 0 Å². The van der Waals surface area contributed by atoms with Gasteiger partial charge in [0, 0.05) is 32.1 Å². The maximum absolute atomic E-state index is 12.2. The largest absolute Gasteiger partial charge is 0.336 e. The Morgan fingerprint density at radius 3 is 2.80 bits per heavy atom. The maximum atomic E-state index is 12.2. The van der Waals surface area contributed by atoms with Crippen LogP contribution < -0.4 is 11.1 Å². The minimum atomic E-state index is 0.215.